The molecule has 0 saturated carbocycles. The third-order valence-corrected chi connectivity index (χ3v) is 2.71. The van der Waals surface area contributed by atoms with Gasteiger partial charge in [0.2, 0.25) is 0 Å². The largest absolute Gasteiger partial charge is 0.496 e. The van der Waals surface area contributed by atoms with Gasteiger partial charge >= 0.3 is 0 Å². The van der Waals surface area contributed by atoms with Gasteiger partial charge in [0.1, 0.15) is 5.75 Å². The van der Waals surface area contributed by atoms with Crippen LogP contribution in [0.1, 0.15) is 11.1 Å². The van der Waals surface area contributed by atoms with E-state index in [0.29, 0.717) is 5.75 Å². The molecule has 2 rings (SSSR count). The molecule has 0 aromatic heterocycles. The third-order valence-electron chi connectivity index (χ3n) is 2.71. The Morgan fingerprint density at radius 1 is 1.05 bits per heavy atom. The fourth-order valence-electron chi connectivity index (χ4n) is 1.65. The summed E-state index contributed by atoms with van der Waals surface area (Å²) in [5, 5.41) is 18.4. The summed E-state index contributed by atoms with van der Waals surface area (Å²) in [7, 11) is 1.59. The third kappa shape index (κ3) is 3.97. The predicted octanol–water partition coefficient (Wildman–Crippen LogP) is 3.06. The van der Waals surface area contributed by atoms with Crippen LogP contribution >= 0.6 is 0 Å². The zero-order valence-corrected chi connectivity index (χ0v) is 11.3. The van der Waals surface area contributed by atoms with Crippen molar-refractivity contribution >= 4 is 18.1 Å². The van der Waals surface area contributed by atoms with Crippen LogP contribution in [0.25, 0.3) is 0 Å². The molecule has 0 bridgehead atoms. The Morgan fingerprint density at radius 2 is 1.71 bits per heavy atom. The van der Waals surface area contributed by atoms with E-state index in [9.17, 15) is 10.1 Å². The number of benzene rings is 2. The van der Waals surface area contributed by atoms with E-state index < -0.39 is 4.92 Å². The van der Waals surface area contributed by atoms with Crippen molar-refractivity contribution in [3.8, 4) is 5.75 Å². The number of ether oxygens (including phenoxy) is 1. The minimum Gasteiger partial charge on any atom is -0.496 e. The Labute approximate surface area is 121 Å². The summed E-state index contributed by atoms with van der Waals surface area (Å²) in [5.74, 6) is 0.715. The number of nitrogens with zero attached hydrogens (tertiary/aromatic N) is 3. The number of non-ortho nitro benzene ring substituents is 1. The number of hydrogen-bond acceptors (Lipinski definition) is 5. The molecule has 0 aliphatic rings. The molecule has 0 aliphatic heterocycles. The van der Waals surface area contributed by atoms with Crippen LogP contribution in [-0.2, 0) is 0 Å². The number of nitro groups is 1. The number of hydrogen-bond donors (Lipinski definition) is 0. The van der Waals surface area contributed by atoms with Crippen molar-refractivity contribution < 1.29 is 9.66 Å². The molecule has 0 heterocycles. The molecule has 0 N–H and O–H groups in total. The Bertz CT molecular complexity index is 679. The Kier molecular flexibility index (Phi) is 4.76. The van der Waals surface area contributed by atoms with Gasteiger partial charge in [-0.1, -0.05) is 12.1 Å². The van der Waals surface area contributed by atoms with Crippen molar-refractivity contribution in [2.75, 3.05) is 7.11 Å². The zero-order valence-electron chi connectivity index (χ0n) is 11.3. The first-order chi connectivity index (χ1) is 10.2. The minimum atomic E-state index is -0.444. The summed E-state index contributed by atoms with van der Waals surface area (Å²) in [5.41, 5.74) is 1.60. The topological polar surface area (TPSA) is 77.1 Å². The molecule has 2 aromatic carbocycles. The minimum absolute atomic E-state index is 0.0460. The molecule has 106 valence electrons. The van der Waals surface area contributed by atoms with Gasteiger partial charge in [0.05, 0.1) is 24.5 Å². The van der Waals surface area contributed by atoms with Crippen molar-refractivity contribution in [2.45, 2.75) is 0 Å². The van der Waals surface area contributed by atoms with Gasteiger partial charge in [-0.2, -0.15) is 10.2 Å². The van der Waals surface area contributed by atoms with Crippen molar-refractivity contribution in [2.24, 2.45) is 10.2 Å². The summed E-state index contributed by atoms with van der Waals surface area (Å²) in [4.78, 5) is 10.1. The summed E-state index contributed by atoms with van der Waals surface area (Å²) < 4.78 is 5.19. The molecule has 0 saturated heterocycles. The number of nitro benzene ring substituents is 1. The van der Waals surface area contributed by atoms with Crippen LogP contribution in [0.5, 0.6) is 5.75 Å². The van der Waals surface area contributed by atoms with Gasteiger partial charge in [0.15, 0.2) is 0 Å². The molecule has 6 heteroatoms. The van der Waals surface area contributed by atoms with E-state index >= 15 is 0 Å². The van der Waals surface area contributed by atoms with Crippen LogP contribution < -0.4 is 4.74 Å². The second kappa shape index (κ2) is 6.95. The van der Waals surface area contributed by atoms with E-state index in [0.717, 1.165) is 11.1 Å². The molecular formula is C15H13N3O3. The Hall–Kier alpha value is -3.02. The first kappa shape index (κ1) is 14.4. The summed E-state index contributed by atoms with van der Waals surface area (Å²) in [6, 6.07) is 13.5. The van der Waals surface area contributed by atoms with Crippen LogP contribution in [0.3, 0.4) is 0 Å². The highest BCUT2D eigenvalue weighted by Gasteiger charge is 2.02. The first-order valence-corrected chi connectivity index (χ1v) is 6.14. The fourth-order valence-corrected chi connectivity index (χ4v) is 1.65. The molecule has 0 amide bonds. The first-order valence-electron chi connectivity index (χ1n) is 6.14. The monoisotopic (exact) mass is 283 g/mol. The highest BCUT2D eigenvalue weighted by molar-refractivity contribution is 5.85. The van der Waals surface area contributed by atoms with E-state index in [1.165, 1.54) is 18.3 Å². The quantitative estimate of drug-likeness (QED) is 0.480. The van der Waals surface area contributed by atoms with Crippen LogP contribution in [0.4, 0.5) is 5.69 Å². The van der Waals surface area contributed by atoms with E-state index in [1.54, 1.807) is 25.5 Å². The predicted molar refractivity (Wildman–Crippen MR) is 81.3 cm³/mol. The van der Waals surface area contributed by atoms with Gasteiger partial charge in [0, 0.05) is 17.7 Å². The molecule has 0 aliphatic carbocycles. The number of methoxy groups -OCH3 is 1. The lowest BCUT2D eigenvalue weighted by Gasteiger charge is -2.01. The second-order valence-electron chi connectivity index (χ2n) is 4.08. The molecule has 21 heavy (non-hydrogen) atoms. The molecule has 0 unspecified atom stereocenters. The normalized spacial score (nSPS) is 11.1. The van der Waals surface area contributed by atoms with Crippen LogP contribution in [0.15, 0.2) is 58.7 Å². The summed E-state index contributed by atoms with van der Waals surface area (Å²) in [6.07, 6.45) is 3.11. The van der Waals surface area contributed by atoms with Gasteiger partial charge in [-0.15, -0.1) is 0 Å². The van der Waals surface area contributed by atoms with Crippen molar-refractivity contribution in [3.63, 3.8) is 0 Å². The highest BCUT2D eigenvalue weighted by atomic mass is 16.6. The van der Waals surface area contributed by atoms with Crippen LogP contribution in [0.2, 0.25) is 0 Å². The molecule has 0 radical (unpaired) electrons. The summed E-state index contributed by atoms with van der Waals surface area (Å²) >= 11 is 0. The van der Waals surface area contributed by atoms with E-state index in [2.05, 4.69) is 10.2 Å². The van der Waals surface area contributed by atoms with Gasteiger partial charge < -0.3 is 4.74 Å². The lowest BCUT2D eigenvalue weighted by atomic mass is 10.2. The zero-order chi connectivity index (χ0) is 15.1. The van der Waals surface area contributed by atoms with Gasteiger partial charge in [-0.3, -0.25) is 10.1 Å². The van der Waals surface area contributed by atoms with Crippen molar-refractivity contribution in [3.05, 3.63) is 69.8 Å². The summed E-state index contributed by atoms with van der Waals surface area (Å²) in [6.45, 7) is 0. The second-order valence-corrected chi connectivity index (χ2v) is 4.08. The maximum atomic E-state index is 10.5. The van der Waals surface area contributed by atoms with E-state index in [1.807, 2.05) is 24.3 Å². The Morgan fingerprint density at radius 3 is 2.38 bits per heavy atom. The van der Waals surface area contributed by atoms with Crippen LogP contribution in [-0.4, -0.2) is 24.5 Å². The standard InChI is InChI=1S/C15H13N3O3/c1-21-15-5-3-2-4-13(15)11-17-16-10-12-6-8-14(9-7-12)18(19)20/h2-11H,1H3/b16-10+,17-11+. The number of para-hydroxylation sites is 1. The van der Waals surface area contributed by atoms with Crippen molar-refractivity contribution in [1.29, 1.82) is 0 Å². The average Bonchev–Trinajstić information content (AvgIpc) is 2.52. The van der Waals surface area contributed by atoms with Gasteiger partial charge in [0.25, 0.3) is 5.69 Å². The smallest absolute Gasteiger partial charge is 0.269 e. The van der Waals surface area contributed by atoms with Gasteiger partial charge in [-0.25, -0.2) is 0 Å². The van der Waals surface area contributed by atoms with E-state index in [-0.39, 0.29) is 5.69 Å². The SMILES string of the molecule is COc1ccccc1/C=N/N=C/c1ccc([N+](=O)[O-])cc1. The molecule has 2 aromatic rings. The molecule has 6 nitrogen and oxygen atoms in total. The molecular weight excluding hydrogens is 270 g/mol. The lowest BCUT2D eigenvalue weighted by Crippen LogP contribution is -1.89. The van der Waals surface area contributed by atoms with Gasteiger partial charge in [-0.05, 0) is 29.8 Å². The highest BCUT2D eigenvalue weighted by Crippen LogP contribution is 2.14. The maximum absolute atomic E-state index is 10.5. The fraction of sp³-hybridized carbons (Fsp3) is 0.0667. The average molecular weight is 283 g/mol. The lowest BCUT2D eigenvalue weighted by molar-refractivity contribution is -0.384. The van der Waals surface area contributed by atoms with E-state index in [4.69, 9.17) is 4.74 Å². The molecule has 0 fully saturated rings. The molecule has 0 spiro atoms. The maximum Gasteiger partial charge on any atom is 0.269 e. The Balaban J connectivity index is 2.04. The molecule has 0 atom stereocenters. The van der Waals surface area contributed by atoms with Crippen LogP contribution in [0, 0.1) is 10.1 Å². The van der Waals surface area contributed by atoms with Crippen molar-refractivity contribution in [1.82, 2.24) is 0 Å². The number of rotatable bonds is 5.